The Labute approximate surface area is 243 Å². The number of anilines is 2. The van der Waals surface area contributed by atoms with Crippen molar-refractivity contribution in [3.8, 4) is 17.2 Å². The quantitative estimate of drug-likeness (QED) is 0.247. The van der Waals surface area contributed by atoms with Crippen LogP contribution in [0.25, 0.3) is 6.08 Å². The molecule has 0 spiro atoms. The number of rotatable bonds is 9. The summed E-state index contributed by atoms with van der Waals surface area (Å²) >= 11 is 9.44. The summed E-state index contributed by atoms with van der Waals surface area (Å²) in [4.78, 5) is 51.5. The lowest BCUT2D eigenvalue weighted by atomic mass is 10.1. The van der Waals surface area contributed by atoms with E-state index in [9.17, 15) is 19.2 Å². The van der Waals surface area contributed by atoms with Crippen LogP contribution in [-0.2, 0) is 14.4 Å². The molecular weight excluding hydrogens is 606 g/mol. The number of hydrogen-bond donors (Lipinski definition) is 2. The van der Waals surface area contributed by atoms with Gasteiger partial charge in [-0.05, 0) is 89.1 Å². The van der Waals surface area contributed by atoms with Crippen molar-refractivity contribution < 1.29 is 33.4 Å². The normalized spacial score (nSPS) is 14.2. The van der Waals surface area contributed by atoms with E-state index in [1.807, 2.05) is 0 Å². The van der Waals surface area contributed by atoms with Crippen molar-refractivity contribution in [2.45, 2.75) is 6.92 Å². The molecule has 3 aromatic carbocycles. The monoisotopic (exact) mass is 627 g/mol. The lowest BCUT2D eigenvalue weighted by Crippen LogP contribution is -2.54. The summed E-state index contributed by atoms with van der Waals surface area (Å²) < 4.78 is 17.0. The Morgan fingerprint density at radius 2 is 1.82 bits per heavy atom. The molecule has 206 valence electrons. The fourth-order valence-corrected chi connectivity index (χ4v) is 4.52. The molecule has 0 radical (unpaired) electrons. The first kappa shape index (κ1) is 28.7. The number of urea groups is 1. The maximum absolute atomic E-state index is 13.2. The molecular formula is C28H23BrClN3O7. The Morgan fingerprint density at radius 1 is 1.07 bits per heavy atom. The van der Waals surface area contributed by atoms with Crippen LogP contribution >= 0.6 is 27.5 Å². The summed E-state index contributed by atoms with van der Waals surface area (Å²) in [5.74, 6) is -0.887. The number of methoxy groups -OCH3 is 1. The molecule has 3 aromatic rings. The Bertz CT molecular complexity index is 1510. The van der Waals surface area contributed by atoms with E-state index in [4.69, 9.17) is 25.8 Å². The number of amides is 5. The summed E-state index contributed by atoms with van der Waals surface area (Å²) in [6.45, 7) is 1.73. The fraction of sp³-hybridized carbons (Fsp3) is 0.143. The van der Waals surface area contributed by atoms with Gasteiger partial charge in [0, 0.05) is 10.7 Å². The van der Waals surface area contributed by atoms with Gasteiger partial charge in [0.05, 0.1) is 23.9 Å². The minimum Gasteiger partial charge on any atom is -0.497 e. The highest BCUT2D eigenvalue weighted by molar-refractivity contribution is 9.10. The van der Waals surface area contributed by atoms with Gasteiger partial charge < -0.3 is 19.5 Å². The van der Waals surface area contributed by atoms with Gasteiger partial charge in [0.1, 0.15) is 11.3 Å². The van der Waals surface area contributed by atoms with Gasteiger partial charge in [0.15, 0.2) is 18.1 Å². The maximum Gasteiger partial charge on any atom is 0.335 e. The van der Waals surface area contributed by atoms with Crippen LogP contribution in [0.2, 0.25) is 5.02 Å². The van der Waals surface area contributed by atoms with Crippen molar-refractivity contribution in [1.29, 1.82) is 0 Å². The number of carbonyl (C=O) groups is 4. The van der Waals surface area contributed by atoms with E-state index in [0.29, 0.717) is 26.5 Å². The Balaban J connectivity index is 1.56. The largest absolute Gasteiger partial charge is 0.497 e. The average molecular weight is 629 g/mol. The molecule has 40 heavy (non-hydrogen) atoms. The smallest absolute Gasteiger partial charge is 0.335 e. The number of ether oxygens (including phenoxy) is 3. The summed E-state index contributed by atoms with van der Waals surface area (Å²) in [6.07, 6.45) is 1.33. The molecule has 1 aliphatic heterocycles. The van der Waals surface area contributed by atoms with Gasteiger partial charge in [0.25, 0.3) is 17.7 Å². The van der Waals surface area contributed by atoms with Gasteiger partial charge >= 0.3 is 6.03 Å². The molecule has 12 heteroatoms. The number of barbiturate groups is 1. The average Bonchev–Trinajstić information content (AvgIpc) is 2.91. The standard InChI is InChI=1S/C28H23BrClN3O7/c1-3-39-23-13-16(11-21-26(35)32-28(37)33(27(21)36)19-6-4-5-17(30)14-19)12-22(29)25(23)40-15-24(34)31-18-7-9-20(38-2)10-8-18/h4-14H,3,15H2,1-2H3,(H,31,34)(H,32,35,37)/b21-11+. The van der Waals surface area contributed by atoms with Crippen molar-refractivity contribution in [1.82, 2.24) is 5.32 Å². The van der Waals surface area contributed by atoms with Crippen LogP contribution in [0.5, 0.6) is 17.2 Å². The van der Waals surface area contributed by atoms with Crippen LogP contribution in [-0.4, -0.2) is 44.1 Å². The van der Waals surface area contributed by atoms with Gasteiger partial charge in [-0.25, -0.2) is 9.69 Å². The van der Waals surface area contributed by atoms with Crippen LogP contribution in [0, 0.1) is 0 Å². The van der Waals surface area contributed by atoms with E-state index in [-0.39, 0.29) is 36.0 Å². The first-order valence-corrected chi connectivity index (χ1v) is 13.1. The van der Waals surface area contributed by atoms with Crippen LogP contribution in [0.1, 0.15) is 12.5 Å². The summed E-state index contributed by atoms with van der Waals surface area (Å²) in [6, 6.07) is 15.2. The molecule has 1 heterocycles. The lowest BCUT2D eigenvalue weighted by Gasteiger charge is -2.26. The lowest BCUT2D eigenvalue weighted by molar-refractivity contribution is -0.122. The van der Waals surface area contributed by atoms with Gasteiger partial charge in [-0.3, -0.25) is 19.7 Å². The third kappa shape index (κ3) is 6.61. The molecule has 10 nitrogen and oxygen atoms in total. The summed E-state index contributed by atoms with van der Waals surface area (Å²) in [5.41, 5.74) is 0.910. The zero-order valence-electron chi connectivity index (χ0n) is 21.3. The highest BCUT2D eigenvalue weighted by atomic mass is 79.9. The van der Waals surface area contributed by atoms with E-state index >= 15 is 0 Å². The predicted molar refractivity (Wildman–Crippen MR) is 153 cm³/mol. The maximum atomic E-state index is 13.2. The zero-order valence-corrected chi connectivity index (χ0v) is 23.7. The van der Waals surface area contributed by atoms with Crippen LogP contribution in [0.3, 0.4) is 0 Å². The van der Waals surface area contributed by atoms with Crippen LogP contribution in [0.15, 0.2) is 70.7 Å². The Morgan fingerprint density at radius 3 is 2.50 bits per heavy atom. The van der Waals surface area contributed by atoms with Gasteiger partial charge in [-0.1, -0.05) is 17.7 Å². The Hall–Kier alpha value is -4.35. The topological polar surface area (TPSA) is 123 Å². The van der Waals surface area contributed by atoms with Crippen molar-refractivity contribution in [2.75, 3.05) is 30.5 Å². The van der Waals surface area contributed by atoms with Crippen LogP contribution < -0.4 is 29.7 Å². The summed E-state index contributed by atoms with van der Waals surface area (Å²) in [7, 11) is 1.55. The minimum absolute atomic E-state index is 0.209. The van der Waals surface area contributed by atoms with E-state index in [2.05, 4.69) is 26.6 Å². The molecule has 0 aliphatic carbocycles. The highest BCUT2D eigenvalue weighted by Crippen LogP contribution is 2.38. The molecule has 2 N–H and O–H groups in total. The second-order valence-corrected chi connectivity index (χ2v) is 9.56. The SMILES string of the molecule is CCOc1cc(/C=C2\C(=O)NC(=O)N(c3cccc(Cl)c3)C2=O)cc(Br)c1OCC(=O)Nc1ccc(OC)cc1. The number of halogens is 2. The highest BCUT2D eigenvalue weighted by Gasteiger charge is 2.37. The fourth-order valence-electron chi connectivity index (χ4n) is 3.76. The van der Waals surface area contributed by atoms with E-state index < -0.39 is 23.8 Å². The molecule has 1 aliphatic rings. The second-order valence-electron chi connectivity index (χ2n) is 8.27. The minimum atomic E-state index is -0.887. The van der Waals surface area contributed by atoms with Crippen molar-refractivity contribution >= 4 is 68.7 Å². The van der Waals surface area contributed by atoms with Crippen molar-refractivity contribution in [2.24, 2.45) is 0 Å². The Kier molecular flexibility index (Phi) is 9.08. The van der Waals surface area contributed by atoms with Crippen molar-refractivity contribution in [3.63, 3.8) is 0 Å². The van der Waals surface area contributed by atoms with Crippen molar-refractivity contribution in [3.05, 3.63) is 81.3 Å². The number of carbonyl (C=O) groups excluding carboxylic acids is 4. The number of hydrogen-bond acceptors (Lipinski definition) is 7. The second kappa shape index (κ2) is 12.7. The molecule has 0 bridgehead atoms. The molecule has 1 saturated heterocycles. The van der Waals surface area contributed by atoms with Gasteiger partial charge in [-0.2, -0.15) is 0 Å². The summed E-state index contributed by atoms with van der Waals surface area (Å²) in [5, 5.41) is 5.22. The number of imide groups is 2. The third-order valence-corrected chi connectivity index (χ3v) is 6.36. The first-order chi connectivity index (χ1) is 19.2. The molecule has 1 fully saturated rings. The molecule has 0 saturated carbocycles. The number of nitrogens with one attached hydrogen (secondary N) is 2. The van der Waals surface area contributed by atoms with E-state index in [1.165, 1.54) is 18.2 Å². The molecule has 0 atom stereocenters. The third-order valence-electron chi connectivity index (χ3n) is 5.53. The molecule has 4 rings (SSSR count). The zero-order chi connectivity index (χ0) is 28.8. The molecule has 0 unspecified atom stereocenters. The predicted octanol–water partition coefficient (Wildman–Crippen LogP) is 5.19. The van der Waals surface area contributed by atoms with Gasteiger partial charge in [-0.15, -0.1) is 0 Å². The van der Waals surface area contributed by atoms with Gasteiger partial charge in [0.2, 0.25) is 0 Å². The van der Waals surface area contributed by atoms with Crippen LogP contribution in [0.4, 0.5) is 16.2 Å². The van der Waals surface area contributed by atoms with E-state index in [1.54, 1.807) is 62.6 Å². The number of benzene rings is 3. The van der Waals surface area contributed by atoms with E-state index in [0.717, 1.165) is 4.90 Å². The number of nitrogens with zero attached hydrogens (tertiary/aromatic N) is 1. The first-order valence-electron chi connectivity index (χ1n) is 11.9. The molecule has 0 aromatic heterocycles. The molecule has 5 amide bonds.